The molecule has 6 nitrogen and oxygen atoms in total. The first kappa shape index (κ1) is 15.1. The molecule has 0 saturated heterocycles. The number of aromatic nitrogens is 4. The summed E-state index contributed by atoms with van der Waals surface area (Å²) < 4.78 is 6.78. The van der Waals surface area contributed by atoms with Crippen LogP contribution in [-0.4, -0.2) is 27.3 Å². The van der Waals surface area contributed by atoms with E-state index in [1.54, 1.807) is 24.1 Å². The van der Waals surface area contributed by atoms with Crippen molar-refractivity contribution in [3.63, 3.8) is 0 Å². The molecule has 1 heterocycles. The van der Waals surface area contributed by atoms with Crippen LogP contribution in [0.4, 0.5) is 5.69 Å². The van der Waals surface area contributed by atoms with Gasteiger partial charge in [0.15, 0.2) is 5.82 Å². The predicted molar refractivity (Wildman–Crippen MR) is 89.8 cm³/mol. The largest absolute Gasteiger partial charge is 0.497 e. The van der Waals surface area contributed by atoms with E-state index in [4.69, 9.17) is 16.3 Å². The molecule has 0 unspecified atom stereocenters. The molecule has 2 aromatic carbocycles. The molecule has 3 aromatic rings. The molecule has 1 N–H and O–H groups in total. The number of hydrogen-bond acceptors (Lipinski definition) is 5. The summed E-state index contributed by atoms with van der Waals surface area (Å²) in [5.41, 5.74) is 1.77. The third kappa shape index (κ3) is 3.67. The zero-order chi connectivity index (χ0) is 16.1. The number of tetrazole rings is 1. The van der Waals surface area contributed by atoms with Gasteiger partial charge in [0.05, 0.1) is 12.8 Å². The second-order valence-electron chi connectivity index (χ2n) is 4.63. The molecule has 0 bridgehead atoms. The van der Waals surface area contributed by atoms with E-state index < -0.39 is 0 Å². The summed E-state index contributed by atoms with van der Waals surface area (Å²) >= 11 is 5.85. The molecule has 0 aliphatic heterocycles. The lowest BCUT2D eigenvalue weighted by Gasteiger charge is -2.04. The first-order valence-corrected chi connectivity index (χ1v) is 7.25. The van der Waals surface area contributed by atoms with E-state index in [9.17, 15) is 0 Å². The number of anilines is 1. The molecule has 0 radical (unpaired) electrons. The minimum Gasteiger partial charge on any atom is -0.497 e. The fourth-order valence-corrected chi connectivity index (χ4v) is 2.09. The maximum atomic E-state index is 5.85. The third-order valence-electron chi connectivity index (χ3n) is 3.14. The molecular formula is C16H14ClN5O. The number of ether oxygens (including phenoxy) is 1. The van der Waals surface area contributed by atoms with Gasteiger partial charge in [-0.3, -0.25) is 0 Å². The molecule has 3 rings (SSSR count). The van der Waals surface area contributed by atoms with Crippen LogP contribution >= 0.6 is 11.6 Å². The third-order valence-corrected chi connectivity index (χ3v) is 3.39. The van der Waals surface area contributed by atoms with Crippen LogP contribution in [0.15, 0.2) is 54.7 Å². The van der Waals surface area contributed by atoms with Crippen molar-refractivity contribution in [2.75, 3.05) is 12.4 Å². The quantitative estimate of drug-likeness (QED) is 0.778. The van der Waals surface area contributed by atoms with Crippen molar-refractivity contribution < 1.29 is 4.74 Å². The number of halogens is 1. The average Bonchev–Trinajstić information content (AvgIpc) is 3.05. The lowest BCUT2D eigenvalue weighted by molar-refractivity contribution is 0.414. The number of rotatable bonds is 5. The molecule has 0 aliphatic rings. The number of hydrogen-bond donors (Lipinski definition) is 1. The Morgan fingerprint density at radius 3 is 2.52 bits per heavy atom. The summed E-state index contributed by atoms with van der Waals surface area (Å²) in [6.45, 7) is 0. The summed E-state index contributed by atoms with van der Waals surface area (Å²) in [7, 11) is 1.63. The van der Waals surface area contributed by atoms with Gasteiger partial charge in [-0.05, 0) is 59.0 Å². The first-order valence-electron chi connectivity index (χ1n) is 6.88. The van der Waals surface area contributed by atoms with Crippen molar-refractivity contribution >= 4 is 23.4 Å². The van der Waals surface area contributed by atoms with Crippen molar-refractivity contribution in [2.24, 2.45) is 0 Å². The van der Waals surface area contributed by atoms with Gasteiger partial charge < -0.3 is 10.1 Å². The molecule has 0 amide bonds. The molecule has 0 spiro atoms. The average molecular weight is 328 g/mol. The Balaban J connectivity index is 1.75. The second-order valence-corrected chi connectivity index (χ2v) is 5.07. The number of nitrogens with one attached hydrogen (secondary N) is 1. The van der Waals surface area contributed by atoms with E-state index >= 15 is 0 Å². The Kier molecular flexibility index (Phi) is 4.54. The SMILES string of the molecule is COc1ccc(-n2nnnc2/C=C\Nc2ccc(Cl)cc2)cc1. The van der Waals surface area contributed by atoms with E-state index in [1.165, 1.54) is 0 Å². The molecule has 116 valence electrons. The Hall–Kier alpha value is -2.86. The van der Waals surface area contributed by atoms with Gasteiger partial charge in [0, 0.05) is 23.0 Å². The Bertz CT molecular complexity index is 796. The molecule has 1 aromatic heterocycles. The fourth-order valence-electron chi connectivity index (χ4n) is 1.96. The smallest absolute Gasteiger partial charge is 0.181 e. The molecule has 0 aliphatic carbocycles. The van der Waals surface area contributed by atoms with Crippen molar-refractivity contribution in [1.29, 1.82) is 0 Å². The van der Waals surface area contributed by atoms with Crippen LogP contribution < -0.4 is 10.1 Å². The molecule has 0 fully saturated rings. The van der Waals surface area contributed by atoms with Crippen LogP contribution in [0, 0.1) is 0 Å². The highest BCUT2D eigenvalue weighted by atomic mass is 35.5. The van der Waals surface area contributed by atoms with Crippen LogP contribution in [0.1, 0.15) is 5.82 Å². The zero-order valence-electron chi connectivity index (χ0n) is 12.3. The Labute approximate surface area is 138 Å². The van der Waals surface area contributed by atoms with Crippen molar-refractivity contribution in [1.82, 2.24) is 20.2 Å². The van der Waals surface area contributed by atoms with Gasteiger partial charge in [0.25, 0.3) is 0 Å². The molecule has 23 heavy (non-hydrogen) atoms. The van der Waals surface area contributed by atoms with Gasteiger partial charge in [-0.2, -0.15) is 4.68 Å². The van der Waals surface area contributed by atoms with Crippen molar-refractivity contribution in [2.45, 2.75) is 0 Å². The monoisotopic (exact) mass is 327 g/mol. The number of benzene rings is 2. The summed E-state index contributed by atoms with van der Waals surface area (Å²) in [5.74, 6) is 1.39. The zero-order valence-corrected chi connectivity index (χ0v) is 13.1. The van der Waals surface area contributed by atoms with Crippen LogP contribution in [0.2, 0.25) is 5.02 Å². The highest BCUT2D eigenvalue weighted by molar-refractivity contribution is 6.30. The van der Waals surface area contributed by atoms with Gasteiger partial charge in [-0.25, -0.2) is 0 Å². The lowest BCUT2D eigenvalue weighted by atomic mass is 10.3. The highest BCUT2D eigenvalue weighted by Gasteiger charge is 2.05. The lowest BCUT2D eigenvalue weighted by Crippen LogP contribution is -2.00. The van der Waals surface area contributed by atoms with E-state index in [1.807, 2.05) is 48.5 Å². The second kappa shape index (κ2) is 6.93. The summed E-state index contributed by atoms with van der Waals surface area (Å²) in [6.07, 6.45) is 3.56. The molecular weight excluding hydrogens is 314 g/mol. The predicted octanol–water partition coefficient (Wildman–Crippen LogP) is 3.41. The minimum atomic E-state index is 0.608. The van der Waals surface area contributed by atoms with Gasteiger partial charge >= 0.3 is 0 Å². The number of methoxy groups -OCH3 is 1. The Morgan fingerprint density at radius 2 is 1.83 bits per heavy atom. The fraction of sp³-hybridized carbons (Fsp3) is 0.0625. The van der Waals surface area contributed by atoms with Crippen molar-refractivity contribution in [3.8, 4) is 11.4 Å². The van der Waals surface area contributed by atoms with E-state index in [-0.39, 0.29) is 0 Å². The van der Waals surface area contributed by atoms with Crippen LogP contribution in [0.5, 0.6) is 5.75 Å². The number of nitrogens with zero attached hydrogens (tertiary/aromatic N) is 4. The minimum absolute atomic E-state index is 0.608. The van der Waals surface area contributed by atoms with E-state index in [0.717, 1.165) is 17.1 Å². The summed E-state index contributed by atoms with van der Waals surface area (Å²) in [5, 5.41) is 15.6. The summed E-state index contributed by atoms with van der Waals surface area (Å²) in [4.78, 5) is 0. The van der Waals surface area contributed by atoms with Crippen LogP contribution in [0.3, 0.4) is 0 Å². The maximum absolute atomic E-state index is 5.85. The van der Waals surface area contributed by atoms with E-state index in [2.05, 4.69) is 20.8 Å². The molecule has 7 heteroatoms. The summed E-state index contributed by atoms with van der Waals surface area (Å²) in [6, 6.07) is 14.9. The van der Waals surface area contributed by atoms with Crippen LogP contribution in [0.25, 0.3) is 11.8 Å². The van der Waals surface area contributed by atoms with Gasteiger partial charge in [0.2, 0.25) is 0 Å². The molecule has 0 atom stereocenters. The molecule has 0 saturated carbocycles. The topological polar surface area (TPSA) is 64.9 Å². The van der Waals surface area contributed by atoms with Gasteiger partial charge in [0.1, 0.15) is 5.75 Å². The normalized spacial score (nSPS) is 10.9. The van der Waals surface area contributed by atoms with Crippen LogP contribution in [-0.2, 0) is 0 Å². The van der Waals surface area contributed by atoms with E-state index in [0.29, 0.717) is 10.8 Å². The van der Waals surface area contributed by atoms with Gasteiger partial charge in [-0.15, -0.1) is 5.10 Å². The highest BCUT2D eigenvalue weighted by Crippen LogP contribution is 2.16. The first-order chi connectivity index (χ1) is 11.3. The van der Waals surface area contributed by atoms with Gasteiger partial charge in [-0.1, -0.05) is 11.6 Å². The Morgan fingerprint density at radius 1 is 1.09 bits per heavy atom. The standard InChI is InChI=1S/C16H14ClN5O/c1-23-15-8-6-14(7-9-15)22-16(19-20-21-22)10-11-18-13-4-2-12(17)3-5-13/h2-11,18H,1H3/b11-10-. The maximum Gasteiger partial charge on any atom is 0.181 e. The van der Waals surface area contributed by atoms with Crippen molar-refractivity contribution in [3.05, 3.63) is 65.6 Å².